The molecule has 2 rings (SSSR count). The number of fused-ring (bicyclic) bond motifs is 1. The Kier molecular flexibility index (Phi) is 4.21. The molecule has 1 aromatic heterocycles. The predicted molar refractivity (Wildman–Crippen MR) is 74.7 cm³/mol. The Labute approximate surface area is 114 Å². The van der Waals surface area contributed by atoms with Gasteiger partial charge >= 0.3 is 5.97 Å². The molecule has 0 aliphatic rings. The fourth-order valence-electron chi connectivity index (χ4n) is 1.80. The molecule has 0 amide bonds. The van der Waals surface area contributed by atoms with E-state index < -0.39 is 5.97 Å². The van der Waals surface area contributed by atoms with Crippen LogP contribution in [0.15, 0.2) is 34.2 Å². The second-order valence-corrected chi connectivity index (χ2v) is 4.99. The second-order valence-electron chi connectivity index (χ2n) is 4.05. The van der Waals surface area contributed by atoms with Crippen LogP contribution in [-0.2, 0) is 11.3 Å². The van der Waals surface area contributed by atoms with Gasteiger partial charge < -0.3 is 5.11 Å². The molecule has 2 aromatic rings. The Morgan fingerprint density at radius 1 is 1.42 bits per heavy atom. The lowest BCUT2D eigenvalue weighted by Crippen LogP contribution is -2.23. The van der Waals surface area contributed by atoms with E-state index in [1.165, 1.54) is 0 Å². The number of para-hydroxylation sites is 1. The molecular weight excluding hydrogens is 264 g/mol. The van der Waals surface area contributed by atoms with E-state index in [1.807, 2.05) is 13.0 Å². The number of carboxylic acids is 1. The van der Waals surface area contributed by atoms with Gasteiger partial charge in [-0.25, -0.2) is 4.98 Å². The van der Waals surface area contributed by atoms with Crippen molar-refractivity contribution >= 4 is 28.6 Å². The lowest BCUT2D eigenvalue weighted by Gasteiger charge is -2.11. The highest BCUT2D eigenvalue weighted by molar-refractivity contribution is 7.99. The minimum atomic E-state index is -0.921. The van der Waals surface area contributed by atoms with E-state index in [1.54, 1.807) is 22.8 Å². The van der Waals surface area contributed by atoms with Gasteiger partial charge in [-0.2, -0.15) is 0 Å². The lowest BCUT2D eigenvalue weighted by atomic mass is 10.2. The number of rotatable bonds is 5. The number of carboxylic acid groups (broad SMARTS) is 1. The van der Waals surface area contributed by atoms with Gasteiger partial charge in [-0.1, -0.05) is 30.8 Å². The Balaban J connectivity index is 2.56. The van der Waals surface area contributed by atoms with Gasteiger partial charge in [-0.3, -0.25) is 14.2 Å². The number of thioether (sulfide) groups is 1. The molecule has 0 unspecified atom stereocenters. The van der Waals surface area contributed by atoms with Crippen LogP contribution in [0.1, 0.15) is 13.3 Å². The summed E-state index contributed by atoms with van der Waals surface area (Å²) in [4.78, 5) is 27.4. The van der Waals surface area contributed by atoms with Crippen LogP contribution < -0.4 is 5.56 Å². The number of aliphatic carboxylic acids is 1. The third-order valence-electron chi connectivity index (χ3n) is 2.60. The minimum Gasteiger partial charge on any atom is -0.481 e. The SMILES string of the molecule is CCCn1c(SCC(=O)O)nc2ccccc2c1=O. The molecule has 0 aliphatic carbocycles. The molecule has 0 aliphatic heterocycles. The maximum Gasteiger partial charge on any atom is 0.313 e. The fraction of sp³-hybridized carbons (Fsp3) is 0.308. The summed E-state index contributed by atoms with van der Waals surface area (Å²) in [5, 5.41) is 9.77. The van der Waals surface area contributed by atoms with Crippen molar-refractivity contribution in [2.24, 2.45) is 0 Å². The number of hydrogen-bond donors (Lipinski definition) is 1. The Morgan fingerprint density at radius 3 is 2.84 bits per heavy atom. The van der Waals surface area contributed by atoms with E-state index in [4.69, 9.17) is 5.11 Å². The van der Waals surface area contributed by atoms with Crippen molar-refractivity contribution in [1.29, 1.82) is 0 Å². The highest BCUT2D eigenvalue weighted by Crippen LogP contribution is 2.17. The first-order valence-corrected chi connectivity index (χ1v) is 6.96. The van der Waals surface area contributed by atoms with Crippen molar-refractivity contribution in [1.82, 2.24) is 9.55 Å². The minimum absolute atomic E-state index is 0.103. The summed E-state index contributed by atoms with van der Waals surface area (Å²) >= 11 is 1.08. The maximum atomic E-state index is 12.3. The first kappa shape index (κ1) is 13.6. The van der Waals surface area contributed by atoms with Gasteiger partial charge in [0.25, 0.3) is 5.56 Å². The van der Waals surface area contributed by atoms with Crippen LogP contribution in [-0.4, -0.2) is 26.4 Å². The third kappa shape index (κ3) is 2.96. The van der Waals surface area contributed by atoms with Crippen LogP contribution in [0.2, 0.25) is 0 Å². The normalized spacial score (nSPS) is 10.8. The summed E-state index contributed by atoms with van der Waals surface area (Å²) in [5.74, 6) is -1.02. The molecule has 6 heteroatoms. The van der Waals surface area contributed by atoms with Crippen LogP contribution >= 0.6 is 11.8 Å². The average molecular weight is 278 g/mol. The zero-order chi connectivity index (χ0) is 13.8. The van der Waals surface area contributed by atoms with Gasteiger partial charge in [-0.05, 0) is 18.6 Å². The van der Waals surface area contributed by atoms with Crippen LogP contribution in [0.4, 0.5) is 0 Å². The molecule has 1 aromatic carbocycles. The van der Waals surface area contributed by atoms with Gasteiger partial charge in [-0.15, -0.1) is 0 Å². The topological polar surface area (TPSA) is 72.2 Å². The zero-order valence-electron chi connectivity index (χ0n) is 10.5. The molecule has 19 heavy (non-hydrogen) atoms. The van der Waals surface area contributed by atoms with E-state index in [0.717, 1.165) is 18.2 Å². The van der Waals surface area contributed by atoms with E-state index in [2.05, 4.69) is 4.98 Å². The number of carbonyl (C=O) groups is 1. The maximum absolute atomic E-state index is 12.3. The Bertz CT molecular complexity index is 666. The van der Waals surface area contributed by atoms with Crippen LogP contribution in [0, 0.1) is 0 Å². The summed E-state index contributed by atoms with van der Waals surface area (Å²) in [5.41, 5.74) is 0.494. The molecule has 0 saturated heterocycles. The van der Waals surface area contributed by atoms with Crippen molar-refractivity contribution in [3.05, 3.63) is 34.6 Å². The predicted octanol–water partition coefficient (Wildman–Crippen LogP) is 1.98. The third-order valence-corrected chi connectivity index (χ3v) is 3.56. The van der Waals surface area contributed by atoms with E-state index in [0.29, 0.717) is 22.6 Å². The number of aromatic nitrogens is 2. The summed E-state index contributed by atoms with van der Waals surface area (Å²) in [6, 6.07) is 7.11. The molecular formula is C13H14N2O3S. The molecule has 0 atom stereocenters. The molecule has 0 saturated carbocycles. The Hall–Kier alpha value is -1.82. The number of nitrogens with zero attached hydrogens (tertiary/aromatic N) is 2. The van der Waals surface area contributed by atoms with E-state index in [9.17, 15) is 9.59 Å². The highest BCUT2D eigenvalue weighted by atomic mass is 32.2. The molecule has 0 bridgehead atoms. The molecule has 0 fully saturated rings. The van der Waals surface area contributed by atoms with Crippen molar-refractivity contribution < 1.29 is 9.90 Å². The second kappa shape index (κ2) is 5.88. The quantitative estimate of drug-likeness (QED) is 0.669. The molecule has 100 valence electrons. The molecule has 1 heterocycles. The van der Waals surface area contributed by atoms with Crippen LogP contribution in [0.25, 0.3) is 10.9 Å². The number of hydrogen-bond acceptors (Lipinski definition) is 4. The van der Waals surface area contributed by atoms with Gasteiger partial charge in [0, 0.05) is 6.54 Å². The van der Waals surface area contributed by atoms with E-state index in [-0.39, 0.29) is 11.3 Å². The van der Waals surface area contributed by atoms with Crippen molar-refractivity contribution in [3.63, 3.8) is 0 Å². The van der Waals surface area contributed by atoms with Crippen LogP contribution in [0.3, 0.4) is 0 Å². The average Bonchev–Trinajstić information content (AvgIpc) is 2.40. The van der Waals surface area contributed by atoms with Crippen LogP contribution in [0.5, 0.6) is 0 Å². The van der Waals surface area contributed by atoms with Crippen molar-refractivity contribution in [3.8, 4) is 0 Å². The van der Waals surface area contributed by atoms with Gasteiger partial charge in [0.15, 0.2) is 5.16 Å². The standard InChI is InChI=1S/C13H14N2O3S/c1-2-7-15-12(18)9-5-3-4-6-10(9)14-13(15)19-8-11(16)17/h3-6H,2,7-8H2,1H3,(H,16,17). The largest absolute Gasteiger partial charge is 0.481 e. The lowest BCUT2D eigenvalue weighted by molar-refractivity contribution is -0.133. The smallest absolute Gasteiger partial charge is 0.313 e. The van der Waals surface area contributed by atoms with Crippen molar-refractivity contribution in [2.75, 3.05) is 5.75 Å². The zero-order valence-corrected chi connectivity index (χ0v) is 11.3. The molecule has 0 radical (unpaired) electrons. The fourth-order valence-corrected chi connectivity index (χ4v) is 2.55. The summed E-state index contributed by atoms with van der Waals surface area (Å²) < 4.78 is 1.55. The summed E-state index contributed by atoms with van der Waals surface area (Å²) in [6.07, 6.45) is 0.792. The Morgan fingerprint density at radius 2 is 2.16 bits per heavy atom. The monoisotopic (exact) mass is 278 g/mol. The number of benzene rings is 1. The van der Waals surface area contributed by atoms with Gasteiger partial charge in [0.1, 0.15) is 0 Å². The molecule has 5 nitrogen and oxygen atoms in total. The summed E-state index contributed by atoms with van der Waals surface area (Å²) in [7, 11) is 0. The highest BCUT2D eigenvalue weighted by Gasteiger charge is 2.11. The van der Waals surface area contributed by atoms with Crippen molar-refractivity contribution in [2.45, 2.75) is 25.0 Å². The first-order valence-electron chi connectivity index (χ1n) is 5.97. The first-order chi connectivity index (χ1) is 9.13. The van der Waals surface area contributed by atoms with E-state index >= 15 is 0 Å². The van der Waals surface area contributed by atoms with Gasteiger partial charge in [0.2, 0.25) is 0 Å². The van der Waals surface area contributed by atoms with Gasteiger partial charge in [0.05, 0.1) is 16.7 Å². The molecule has 0 spiro atoms. The molecule has 1 N–H and O–H groups in total. The summed E-state index contributed by atoms with van der Waals surface area (Å²) in [6.45, 7) is 2.51.